The summed E-state index contributed by atoms with van der Waals surface area (Å²) in [6, 6.07) is 5.35. The minimum Gasteiger partial charge on any atom is -0.348 e. The highest BCUT2D eigenvalue weighted by atomic mass is 32.1. The molecular weight excluding hydrogens is 338 g/mol. The van der Waals surface area contributed by atoms with Crippen LogP contribution in [0.5, 0.6) is 0 Å². The summed E-state index contributed by atoms with van der Waals surface area (Å²) < 4.78 is 27.1. The van der Waals surface area contributed by atoms with Crippen LogP contribution in [-0.4, -0.2) is 10.9 Å². The van der Waals surface area contributed by atoms with Crippen molar-refractivity contribution < 1.29 is 13.6 Å². The number of nitrogens with one attached hydrogen (secondary N) is 1. The number of carbonyl (C=O) groups is 1. The van der Waals surface area contributed by atoms with Gasteiger partial charge in [-0.3, -0.25) is 4.79 Å². The molecule has 0 atom stereocenters. The fourth-order valence-corrected chi connectivity index (χ4v) is 3.58. The number of aryl methyl sites for hydroxylation is 1. The van der Waals surface area contributed by atoms with Gasteiger partial charge in [0.2, 0.25) is 0 Å². The second kappa shape index (κ2) is 6.55. The van der Waals surface area contributed by atoms with E-state index in [9.17, 15) is 13.6 Å². The van der Waals surface area contributed by atoms with Crippen LogP contribution in [-0.2, 0) is 6.54 Å². The quantitative estimate of drug-likeness (QED) is 0.758. The molecule has 0 saturated heterocycles. The molecule has 0 aliphatic heterocycles. The van der Waals surface area contributed by atoms with Crippen LogP contribution in [0.2, 0.25) is 0 Å². The van der Waals surface area contributed by atoms with Crippen LogP contribution in [0, 0.1) is 18.6 Å². The average molecular weight is 350 g/mol. The second-order valence-corrected chi connectivity index (χ2v) is 6.81. The zero-order chi connectivity index (χ0) is 16.4. The minimum atomic E-state index is -0.672. The van der Waals surface area contributed by atoms with Gasteiger partial charge in [-0.15, -0.1) is 22.7 Å². The minimum absolute atomic E-state index is 0.147. The first-order valence-corrected chi connectivity index (χ1v) is 8.52. The first-order valence-electron chi connectivity index (χ1n) is 6.76. The maximum absolute atomic E-state index is 13.5. The van der Waals surface area contributed by atoms with Crippen LogP contribution >= 0.6 is 22.7 Å². The number of amides is 1. The predicted octanol–water partition coefficient (Wildman–Crippen LogP) is 4.39. The van der Waals surface area contributed by atoms with Gasteiger partial charge in [0.05, 0.1) is 21.1 Å². The van der Waals surface area contributed by atoms with E-state index in [-0.39, 0.29) is 18.0 Å². The van der Waals surface area contributed by atoms with E-state index in [2.05, 4.69) is 10.3 Å². The van der Waals surface area contributed by atoms with Gasteiger partial charge in [0.15, 0.2) is 0 Å². The van der Waals surface area contributed by atoms with Crippen LogP contribution in [0.15, 0.2) is 35.0 Å². The maximum Gasteiger partial charge on any atom is 0.252 e. The fraction of sp³-hybridized carbons (Fsp3) is 0.125. The monoisotopic (exact) mass is 350 g/mol. The molecule has 0 unspecified atom stereocenters. The van der Waals surface area contributed by atoms with Crippen molar-refractivity contribution in [2.75, 3.05) is 0 Å². The Morgan fingerprint density at radius 3 is 2.61 bits per heavy atom. The molecule has 3 rings (SSSR count). The molecule has 7 heteroatoms. The Morgan fingerprint density at radius 1 is 1.22 bits per heavy atom. The van der Waals surface area contributed by atoms with E-state index >= 15 is 0 Å². The number of hydrogen-bond acceptors (Lipinski definition) is 4. The van der Waals surface area contributed by atoms with Crippen LogP contribution < -0.4 is 5.32 Å². The van der Waals surface area contributed by atoms with Crippen molar-refractivity contribution in [3.8, 4) is 10.6 Å². The average Bonchev–Trinajstić information content (AvgIpc) is 3.15. The summed E-state index contributed by atoms with van der Waals surface area (Å²) in [6.45, 7) is 1.72. The molecule has 0 radical (unpaired) electrons. The van der Waals surface area contributed by atoms with Gasteiger partial charge in [0, 0.05) is 22.9 Å². The summed E-state index contributed by atoms with van der Waals surface area (Å²) in [6.07, 6.45) is 0. The van der Waals surface area contributed by atoms with Gasteiger partial charge in [-0.25, -0.2) is 13.8 Å². The van der Waals surface area contributed by atoms with Crippen molar-refractivity contribution in [3.05, 3.63) is 62.8 Å². The van der Waals surface area contributed by atoms with E-state index in [4.69, 9.17) is 0 Å². The Hall–Kier alpha value is -2.12. The lowest BCUT2D eigenvalue weighted by Gasteiger charge is -2.06. The molecule has 1 amide bonds. The van der Waals surface area contributed by atoms with E-state index in [0.717, 1.165) is 27.7 Å². The highest BCUT2D eigenvalue weighted by Crippen LogP contribution is 2.28. The van der Waals surface area contributed by atoms with Gasteiger partial charge < -0.3 is 5.32 Å². The number of aromatic nitrogens is 1. The van der Waals surface area contributed by atoms with E-state index in [0.29, 0.717) is 5.56 Å². The van der Waals surface area contributed by atoms with Crippen LogP contribution in [0.1, 0.15) is 20.9 Å². The third-order valence-electron chi connectivity index (χ3n) is 3.22. The molecule has 0 aliphatic carbocycles. The first kappa shape index (κ1) is 15.8. The van der Waals surface area contributed by atoms with Gasteiger partial charge in [0.25, 0.3) is 5.91 Å². The summed E-state index contributed by atoms with van der Waals surface area (Å²) in [5.74, 6) is -1.72. The normalized spacial score (nSPS) is 10.7. The zero-order valence-electron chi connectivity index (χ0n) is 12.1. The molecule has 118 valence electrons. The predicted molar refractivity (Wildman–Crippen MR) is 87.7 cm³/mol. The van der Waals surface area contributed by atoms with Crippen molar-refractivity contribution in [3.63, 3.8) is 0 Å². The van der Waals surface area contributed by atoms with Crippen molar-refractivity contribution >= 4 is 28.6 Å². The zero-order valence-corrected chi connectivity index (χ0v) is 13.7. The Balaban J connectivity index is 1.71. The lowest BCUT2D eigenvalue weighted by atomic mass is 10.2. The standard InChI is InChI=1S/C16H12F2N2OS2/c1-9-20-14(8-22-9)15-5-10(7-23-15)16(21)19-6-11-12(17)3-2-4-13(11)18/h2-5,7-8H,6H2,1H3,(H,19,21). The number of nitrogens with zero attached hydrogens (tertiary/aromatic N) is 1. The van der Waals surface area contributed by atoms with Gasteiger partial charge in [-0.1, -0.05) is 6.07 Å². The Labute approximate surface area is 139 Å². The lowest BCUT2D eigenvalue weighted by Crippen LogP contribution is -2.23. The van der Waals surface area contributed by atoms with Crippen molar-refractivity contribution in [1.82, 2.24) is 10.3 Å². The van der Waals surface area contributed by atoms with Crippen LogP contribution in [0.3, 0.4) is 0 Å². The van der Waals surface area contributed by atoms with Crippen LogP contribution in [0.25, 0.3) is 10.6 Å². The van der Waals surface area contributed by atoms with Crippen LogP contribution in [0.4, 0.5) is 8.78 Å². The number of halogens is 2. The highest BCUT2D eigenvalue weighted by molar-refractivity contribution is 7.14. The van der Waals surface area contributed by atoms with E-state index in [1.54, 1.807) is 11.4 Å². The van der Waals surface area contributed by atoms with Crippen molar-refractivity contribution in [1.29, 1.82) is 0 Å². The maximum atomic E-state index is 13.5. The molecular formula is C16H12F2N2OS2. The highest BCUT2D eigenvalue weighted by Gasteiger charge is 2.14. The SMILES string of the molecule is Cc1nc(-c2cc(C(=O)NCc3c(F)cccc3F)cs2)cs1. The molecule has 3 aromatic rings. The van der Waals surface area contributed by atoms with E-state index in [1.165, 1.54) is 28.7 Å². The molecule has 0 saturated carbocycles. The summed E-state index contributed by atoms with van der Waals surface area (Å²) in [5, 5.41) is 7.12. The number of benzene rings is 1. The molecule has 2 heterocycles. The number of rotatable bonds is 4. The first-order chi connectivity index (χ1) is 11.0. The van der Waals surface area contributed by atoms with Gasteiger partial charge in [0.1, 0.15) is 11.6 Å². The number of thiophene rings is 1. The second-order valence-electron chi connectivity index (χ2n) is 4.83. The summed E-state index contributed by atoms with van der Waals surface area (Å²) in [5.41, 5.74) is 1.13. The Kier molecular flexibility index (Phi) is 4.49. The molecule has 0 spiro atoms. The number of thiazole rings is 1. The summed E-state index contributed by atoms with van der Waals surface area (Å²) >= 11 is 2.95. The largest absolute Gasteiger partial charge is 0.348 e. The third kappa shape index (κ3) is 3.46. The van der Waals surface area contributed by atoms with Gasteiger partial charge >= 0.3 is 0 Å². The van der Waals surface area contributed by atoms with Gasteiger partial charge in [-0.05, 0) is 25.1 Å². The molecule has 0 bridgehead atoms. The van der Waals surface area contributed by atoms with Crippen molar-refractivity contribution in [2.24, 2.45) is 0 Å². The summed E-state index contributed by atoms with van der Waals surface area (Å²) in [7, 11) is 0. The molecule has 2 aromatic heterocycles. The Bertz CT molecular complexity index is 837. The van der Waals surface area contributed by atoms with Crippen molar-refractivity contribution in [2.45, 2.75) is 13.5 Å². The smallest absolute Gasteiger partial charge is 0.252 e. The molecule has 23 heavy (non-hydrogen) atoms. The Morgan fingerprint density at radius 2 is 1.96 bits per heavy atom. The van der Waals surface area contributed by atoms with Gasteiger partial charge in [-0.2, -0.15) is 0 Å². The van der Waals surface area contributed by atoms with E-state index in [1.807, 2.05) is 12.3 Å². The molecule has 1 N–H and O–H groups in total. The summed E-state index contributed by atoms with van der Waals surface area (Å²) in [4.78, 5) is 17.4. The lowest BCUT2D eigenvalue weighted by molar-refractivity contribution is 0.0950. The number of carbonyl (C=O) groups excluding carboxylic acids is 1. The molecule has 3 nitrogen and oxygen atoms in total. The molecule has 1 aromatic carbocycles. The van der Waals surface area contributed by atoms with E-state index < -0.39 is 11.6 Å². The topological polar surface area (TPSA) is 42.0 Å². The molecule has 0 aliphatic rings. The molecule has 0 fully saturated rings. The third-order valence-corrected chi connectivity index (χ3v) is 4.95. The number of hydrogen-bond donors (Lipinski definition) is 1. The fourth-order valence-electron chi connectivity index (χ4n) is 2.04.